The summed E-state index contributed by atoms with van der Waals surface area (Å²) in [4.78, 5) is 12.7. The molecule has 3 atom stereocenters. The van der Waals surface area contributed by atoms with Gasteiger partial charge in [-0.2, -0.15) is 11.8 Å². The normalized spacial score (nSPS) is 27.8. The van der Waals surface area contributed by atoms with Gasteiger partial charge >= 0.3 is 0 Å². The molecule has 1 amide bonds. The van der Waals surface area contributed by atoms with Crippen LogP contribution in [0.4, 0.5) is 5.69 Å². The third-order valence-corrected chi connectivity index (χ3v) is 5.89. The number of para-hydroxylation sites is 1. The molecular formula is C17H24N2OS. The van der Waals surface area contributed by atoms with E-state index in [0.29, 0.717) is 11.3 Å². The number of amides is 1. The van der Waals surface area contributed by atoms with Crippen LogP contribution >= 0.6 is 11.8 Å². The second-order valence-electron chi connectivity index (χ2n) is 5.90. The van der Waals surface area contributed by atoms with Crippen LogP contribution in [0.5, 0.6) is 0 Å². The predicted octanol–water partition coefficient (Wildman–Crippen LogP) is 3.38. The largest absolute Gasteiger partial charge is 0.385 e. The number of carbonyl (C=O) groups excluding carboxylic acids is 1. The molecule has 1 heterocycles. The van der Waals surface area contributed by atoms with Crippen molar-refractivity contribution in [2.75, 3.05) is 17.6 Å². The summed E-state index contributed by atoms with van der Waals surface area (Å²) in [5.74, 6) is 1.36. The lowest BCUT2D eigenvalue weighted by Gasteiger charge is -2.28. The molecule has 1 fully saturated rings. The van der Waals surface area contributed by atoms with Crippen LogP contribution in [0.3, 0.4) is 0 Å². The number of anilines is 1. The smallest absolute Gasteiger partial charge is 0.227 e. The van der Waals surface area contributed by atoms with Crippen LogP contribution < -0.4 is 10.6 Å². The molecule has 1 aliphatic heterocycles. The quantitative estimate of drug-likeness (QED) is 0.896. The van der Waals surface area contributed by atoms with Crippen LogP contribution in [0.25, 0.3) is 0 Å². The second kappa shape index (κ2) is 6.73. The Morgan fingerprint density at radius 1 is 1.33 bits per heavy atom. The van der Waals surface area contributed by atoms with Crippen LogP contribution in [0.2, 0.25) is 0 Å². The first kappa shape index (κ1) is 14.8. The van der Waals surface area contributed by atoms with Gasteiger partial charge in [-0.15, -0.1) is 0 Å². The van der Waals surface area contributed by atoms with Gasteiger partial charge in [-0.25, -0.2) is 0 Å². The predicted molar refractivity (Wildman–Crippen MR) is 90.0 cm³/mol. The maximum Gasteiger partial charge on any atom is 0.227 e. The highest BCUT2D eigenvalue weighted by molar-refractivity contribution is 7.99. The molecule has 114 valence electrons. The molecule has 3 unspecified atom stereocenters. The van der Waals surface area contributed by atoms with Gasteiger partial charge in [0, 0.05) is 23.5 Å². The van der Waals surface area contributed by atoms with Gasteiger partial charge in [-0.1, -0.05) is 31.5 Å². The Morgan fingerprint density at radius 2 is 2.19 bits per heavy atom. The summed E-state index contributed by atoms with van der Waals surface area (Å²) in [6.45, 7) is 3.08. The van der Waals surface area contributed by atoms with Gasteiger partial charge < -0.3 is 10.6 Å². The second-order valence-corrected chi connectivity index (χ2v) is 7.41. The Bertz CT molecular complexity index is 505. The van der Waals surface area contributed by atoms with E-state index in [-0.39, 0.29) is 11.8 Å². The molecule has 1 saturated carbocycles. The third kappa shape index (κ3) is 3.20. The number of hydrogen-bond acceptors (Lipinski definition) is 3. The summed E-state index contributed by atoms with van der Waals surface area (Å²) in [5.41, 5.74) is 2.27. The molecule has 0 radical (unpaired) electrons. The molecule has 21 heavy (non-hydrogen) atoms. The van der Waals surface area contributed by atoms with E-state index in [9.17, 15) is 4.79 Å². The van der Waals surface area contributed by atoms with Gasteiger partial charge in [-0.3, -0.25) is 4.79 Å². The molecule has 2 N–H and O–H groups in total. The van der Waals surface area contributed by atoms with E-state index in [0.717, 1.165) is 36.4 Å². The average Bonchev–Trinajstić information content (AvgIpc) is 2.94. The molecule has 1 aromatic rings. The van der Waals surface area contributed by atoms with Crippen molar-refractivity contribution in [3.63, 3.8) is 0 Å². The molecule has 1 aromatic carbocycles. The molecule has 3 nitrogen and oxygen atoms in total. The van der Waals surface area contributed by atoms with E-state index < -0.39 is 0 Å². The first-order chi connectivity index (χ1) is 10.3. The van der Waals surface area contributed by atoms with Crippen molar-refractivity contribution in [3.8, 4) is 0 Å². The average molecular weight is 304 g/mol. The summed E-state index contributed by atoms with van der Waals surface area (Å²) in [6.07, 6.45) is 4.51. The molecule has 0 spiro atoms. The van der Waals surface area contributed by atoms with E-state index in [1.807, 2.05) is 23.9 Å². The highest BCUT2D eigenvalue weighted by atomic mass is 32.2. The fourth-order valence-corrected chi connectivity index (χ4v) is 4.73. The Kier molecular flexibility index (Phi) is 4.73. The van der Waals surface area contributed by atoms with Gasteiger partial charge in [0.2, 0.25) is 5.91 Å². The monoisotopic (exact) mass is 304 g/mol. The number of carbonyl (C=O) groups is 1. The maximum absolute atomic E-state index is 12.7. The summed E-state index contributed by atoms with van der Waals surface area (Å²) in [7, 11) is 0. The molecule has 0 bridgehead atoms. The van der Waals surface area contributed by atoms with Crippen molar-refractivity contribution in [1.82, 2.24) is 5.32 Å². The Hall–Kier alpha value is -1.16. The van der Waals surface area contributed by atoms with Crippen molar-refractivity contribution in [2.45, 2.75) is 49.8 Å². The fraction of sp³-hybridized carbons (Fsp3) is 0.588. The van der Waals surface area contributed by atoms with Gasteiger partial charge in [0.05, 0.1) is 5.92 Å². The molecule has 2 aliphatic rings. The minimum absolute atomic E-state index is 0.00956. The van der Waals surface area contributed by atoms with Crippen molar-refractivity contribution in [1.29, 1.82) is 0 Å². The highest BCUT2D eigenvalue weighted by Crippen LogP contribution is 2.33. The zero-order valence-corrected chi connectivity index (χ0v) is 13.4. The lowest BCUT2D eigenvalue weighted by atomic mass is 9.90. The first-order valence-corrected chi connectivity index (χ1v) is 9.09. The van der Waals surface area contributed by atoms with Gasteiger partial charge in [0.25, 0.3) is 0 Å². The topological polar surface area (TPSA) is 41.1 Å². The zero-order valence-electron chi connectivity index (χ0n) is 12.6. The van der Waals surface area contributed by atoms with Gasteiger partial charge in [0.1, 0.15) is 0 Å². The molecule has 1 aliphatic carbocycles. The minimum Gasteiger partial charge on any atom is -0.385 e. The Balaban J connectivity index is 1.69. The van der Waals surface area contributed by atoms with E-state index in [1.54, 1.807) is 0 Å². The summed E-state index contributed by atoms with van der Waals surface area (Å²) in [6, 6.07) is 8.57. The SMILES string of the molecule is CCSC1CCCC1NC(=O)C1CCNc2ccccc21. The van der Waals surface area contributed by atoms with E-state index in [1.165, 1.54) is 12.8 Å². The number of hydrogen-bond donors (Lipinski definition) is 2. The van der Waals surface area contributed by atoms with Crippen LogP contribution in [-0.4, -0.2) is 29.5 Å². The highest BCUT2D eigenvalue weighted by Gasteiger charge is 2.32. The number of rotatable bonds is 4. The Morgan fingerprint density at radius 3 is 3.05 bits per heavy atom. The van der Waals surface area contributed by atoms with Gasteiger partial charge in [0.15, 0.2) is 0 Å². The lowest BCUT2D eigenvalue weighted by molar-refractivity contribution is -0.123. The van der Waals surface area contributed by atoms with Crippen LogP contribution in [0.15, 0.2) is 24.3 Å². The summed E-state index contributed by atoms with van der Waals surface area (Å²) in [5, 5.41) is 7.33. The lowest BCUT2D eigenvalue weighted by Crippen LogP contribution is -2.42. The summed E-state index contributed by atoms with van der Waals surface area (Å²) < 4.78 is 0. The van der Waals surface area contributed by atoms with Crippen molar-refractivity contribution in [2.24, 2.45) is 0 Å². The number of thioether (sulfide) groups is 1. The molecule has 0 saturated heterocycles. The molecule has 0 aromatic heterocycles. The number of benzene rings is 1. The van der Waals surface area contributed by atoms with E-state index in [2.05, 4.69) is 29.7 Å². The number of nitrogens with one attached hydrogen (secondary N) is 2. The molecule has 3 rings (SSSR count). The van der Waals surface area contributed by atoms with E-state index in [4.69, 9.17) is 0 Å². The third-order valence-electron chi connectivity index (χ3n) is 4.56. The first-order valence-electron chi connectivity index (χ1n) is 8.04. The van der Waals surface area contributed by atoms with Crippen LogP contribution in [0, 0.1) is 0 Å². The number of fused-ring (bicyclic) bond motifs is 1. The summed E-state index contributed by atoms with van der Waals surface area (Å²) >= 11 is 1.99. The van der Waals surface area contributed by atoms with Crippen molar-refractivity contribution < 1.29 is 4.79 Å². The van der Waals surface area contributed by atoms with Gasteiger partial charge in [-0.05, 0) is 36.6 Å². The van der Waals surface area contributed by atoms with Crippen molar-refractivity contribution in [3.05, 3.63) is 29.8 Å². The fourth-order valence-electron chi connectivity index (χ4n) is 3.53. The van der Waals surface area contributed by atoms with Crippen LogP contribution in [0.1, 0.15) is 44.1 Å². The molecule has 4 heteroatoms. The maximum atomic E-state index is 12.7. The van der Waals surface area contributed by atoms with E-state index >= 15 is 0 Å². The Labute approximate surface area is 131 Å². The standard InChI is InChI=1S/C17H24N2OS/c1-2-21-16-9-5-8-15(16)19-17(20)13-10-11-18-14-7-4-3-6-12(13)14/h3-4,6-7,13,15-16,18H,2,5,8-11H2,1H3,(H,19,20). The van der Waals surface area contributed by atoms with Crippen molar-refractivity contribution >= 4 is 23.4 Å². The molecular weight excluding hydrogens is 280 g/mol. The minimum atomic E-state index is 0.00956. The van der Waals surface area contributed by atoms with Crippen LogP contribution in [-0.2, 0) is 4.79 Å². The zero-order chi connectivity index (χ0) is 14.7.